The number of imidazole rings is 1. The topological polar surface area (TPSA) is 15.3 Å². The summed E-state index contributed by atoms with van der Waals surface area (Å²) in [5.74, 6) is 2.25. The van der Waals surface area contributed by atoms with Crippen molar-refractivity contribution < 1.29 is 4.57 Å². The van der Waals surface area contributed by atoms with E-state index in [9.17, 15) is 0 Å². The normalized spacial score (nSPS) is 14.1. The number of rotatable bonds is 8. The molecule has 6 heteroatoms. The second kappa shape index (κ2) is 11.9. The van der Waals surface area contributed by atoms with Gasteiger partial charge in [0.15, 0.2) is 11.0 Å². The molecule has 0 bridgehead atoms. The van der Waals surface area contributed by atoms with Crippen molar-refractivity contribution >= 4 is 51.7 Å². The van der Waals surface area contributed by atoms with Gasteiger partial charge in [-0.15, -0.1) is 0 Å². The molecule has 2 heterocycles. The molecule has 0 spiro atoms. The molecule has 0 aliphatic carbocycles. The molecule has 0 radical (unpaired) electrons. The van der Waals surface area contributed by atoms with Crippen LogP contribution in [0.15, 0.2) is 115 Å². The maximum Gasteiger partial charge on any atom is 0.282 e. The van der Waals surface area contributed by atoms with E-state index >= 15 is 0 Å². The summed E-state index contributed by atoms with van der Waals surface area (Å²) in [5, 5.41) is 1.48. The molecule has 1 aliphatic rings. The Labute approximate surface area is 252 Å². The van der Waals surface area contributed by atoms with Gasteiger partial charge in [0, 0.05) is 35.3 Å². The third-order valence-electron chi connectivity index (χ3n) is 7.63. The zero-order valence-corrected chi connectivity index (χ0v) is 24.9. The number of hydrogen-bond acceptors (Lipinski definition) is 2. The molecule has 0 atom stereocenters. The quantitative estimate of drug-likeness (QED) is 0.171. The van der Waals surface area contributed by atoms with Gasteiger partial charge < -0.3 is 9.80 Å². The molecule has 1 aliphatic heterocycles. The smallest absolute Gasteiger partial charge is 0.282 e. The van der Waals surface area contributed by atoms with Crippen LogP contribution in [0.4, 0.5) is 11.4 Å². The van der Waals surface area contributed by atoms with E-state index < -0.39 is 0 Å². The van der Waals surface area contributed by atoms with Crippen LogP contribution < -0.4 is 14.4 Å². The Hall–Kier alpha value is -3.99. The van der Waals surface area contributed by atoms with Crippen molar-refractivity contribution in [2.75, 3.05) is 16.3 Å². The van der Waals surface area contributed by atoms with Crippen molar-refractivity contribution in [3.8, 4) is 0 Å². The predicted octanol–water partition coefficient (Wildman–Crippen LogP) is 8.71. The van der Waals surface area contributed by atoms with E-state index in [2.05, 4.69) is 136 Å². The predicted molar refractivity (Wildman–Crippen MR) is 173 cm³/mol. The van der Waals surface area contributed by atoms with E-state index in [4.69, 9.17) is 23.2 Å². The fourth-order valence-electron chi connectivity index (χ4n) is 5.78. The number of allylic oxidation sites excluding steroid dienone is 2. The van der Waals surface area contributed by atoms with E-state index in [1.165, 1.54) is 11.1 Å². The molecule has 41 heavy (non-hydrogen) atoms. The van der Waals surface area contributed by atoms with E-state index in [0.29, 0.717) is 0 Å². The number of benzene rings is 4. The van der Waals surface area contributed by atoms with Crippen molar-refractivity contribution in [2.24, 2.45) is 0 Å². The Morgan fingerprint density at radius 3 is 2.10 bits per heavy atom. The molecule has 0 amide bonds. The van der Waals surface area contributed by atoms with Gasteiger partial charge in [-0.3, -0.25) is 0 Å². The minimum Gasteiger partial charge on any atom is -0.326 e. The molecular weight excluding hydrogens is 547 g/mol. The molecule has 4 aromatic carbocycles. The monoisotopic (exact) mass is 579 g/mol. The van der Waals surface area contributed by atoms with E-state index in [0.717, 1.165) is 70.3 Å². The second-order valence-corrected chi connectivity index (χ2v) is 11.0. The lowest BCUT2D eigenvalue weighted by molar-refractivity contribution is -0.665. The zero-order valence-electron chi connectivity index (χ0n) is 23.3. The van der Waals surface area contributed by atoms with Crippen LogP contribution in [0.1, 0.15) is 30.8 Å². The van der Waals surface area contributed by atoms with Crippen molar-refractivity contribution in [3.05, 3.63) is 142 Å². The van der Waals surface area contributed by atoms with E-state index in [1.54, 1.807) is 0 Å². The number of hydrogen-bond donors (Lipinski definition) is 0. The number of aromatic nitrogens is 2. The van der Waals surface area contributed by atoms with Crippen LogP contribution in [-0.4, -0.2) is 11.1 Å². The molecule has 0 N–H and O–H groups in total. The van der Waals surface area contributed by atoms with Crippen LogP contribution in [0.2, 0.25) is 10.0 Å². The number of aryl methyl sites for hydroxylation is 1. The summed E-state index contributed by atoms with van der Waals surface area (Å²) in [4.78, 5) is 4.71. The van der Waals surface area contributed by atoms with Crippen LogP contribution in [0.5, 0.6) is 0 Å². The fraction of sp³-hybridized carbons (Fsp3) is 0.171. The Bertz CT molecular complexity index is 1740. The summed E-state index contributed by atoms with van der Waals surface area (Å²) in [6.07, 6.45) is 6.61. The Morgan fingerprint density at radius 2 is 1.39 bits per heavy atom. The third-order valence-corrected chi connectivity index (χ3v) is 8.10. The number of halogens is 2. The lowest BCUT2D eigenvalue weighted by Gasteiger charge is -2.24. The molecule has 0 saturated carbocycles. The fourth-order valence-corrected chi connectivity index (χ4v) is 6.11. The summed E-state index contributed by atoms with van der Waals surface area (Å²) in [5.41, 5.74) is 7.10. The maximum absolute atomic E-state index is 6.46. The highest BCUT2D eigenvalue weighted by atomic mass is 35.5. The van der Waals surface area contributed by atoms with Gasteiger partial charge in [0.1, 0.15) is 12.4 Å². The first-order chi connectivity index (χ1) is 20.1. The van der Waals surface area contributed by atoms with E-state index in [-0.39, 0.29) is 0 Å². The molecule has 5 aromatic rings. The summed E-state index contributed by atoms with van der Waals surface area (Å²) in [6, 6.07) is 33.5. The number of fused-ring (bicyclic) bond motifs is 2. The molecule has 1 aromatic heterocycles. The minimum atomic E-state index is 0.742. The van der Waals surface area contributed by atoms with Crippen molar-refractivity contribution in [2.45, 2.75) is 33.5 Å². The van der Waals surface area contributed by atoms with Crippen LogP contribution in [0, 0.1) is 0 Å². The third kappa shape index (κ3) is 5.38. The lowest BCUT2D eigenvalue weighted by atomic mass is 10.2. The van der Waals surface area contributed by atoms with Crippen molar-refractivity contribution in [1.82, 2.24) is 4.57 Å². The molecule has 0 saturated heterocycles. The number of anilines is 2. The highest BCUT2D eigenvalue weighted by Gasteiger charge is 2.30. The molecule has 0 fully saturated rings. The van der Waals surface area contributed by atoms with Gasteiger partial charge >= 0.3 is 0 Å². The molecule has 6 rings (SSSR count). The highest BCUT2D eigenvalue weighted by molar-refractivity contribution is 6.31. The van der Waals surface area contributed by atoms with Gasteiger partial charge in [0.2, 0.25) is 0 Å². The highest BCUT2D eigenvalue weighted by Crippen LogP contribution is 2.43. The Kier molecular flexibility index (Phi) is 7.86. The molecule has 0 unspecified atom stereocenters. The first-order valence-corrected chi connectivity index (χ1v) is 14.9. The minimum absolute atomic E-state index is 0.742. The van der Waals surface area contributed by atoms with Crippen LogP contribution in [0.25, 0.3) is 17.1 Å². The van der Waals surface area contributed by atoms with Crippen molar-refractivity contribution in [3.63, 3.8) is 0 Å². The lowest BCUT2D eigenvalue weighted by Crippen LogP contribution is -2.37. The van der Waals surface area contributed by atoms with Crippen LogP contribution in [0.3, 0.4) is 0 Å². The zero-order chi connectivity index (χ0) is 28.3. The van der Waals surface area contributed by atoms with Gasteiger partial charge in [0.25, 0.3) is 5.82 Å². The van der Waals surface area contributed by atoms with Gasteiger partial charge in [0.05, 0.1) is 17.9 Å². The molecule has 206 valence electrons. The standard InChI is InChI=1S/C35H33Cl2N4/c1-3-38-32-22-28(36)18-20-30(32)40(24-26-12-7-5-8-13-26)34(38)16-11-17-35-39(4-2)33-23-29(37)19-21-31(33)41(35)25-27-14-9-6-10-15-27/h5-23H,3-4,24-25H2,1-2H3/q+1. The van der Waals surface area contributed by atoms with Gasteiger partial charge in [-0.05, 0) is 61.4 Å². The number of nitrogens with zero attached hydrogens (tertiary/aromatic N) is 4. The van der Waals surface area contributed by atoms with Crippen LogP contribution in [-0.2, 0) is 19.6 Å². The SMILES string of the molecule is CCN1/C(=C\C=C\c2n(CC)c3cc(Cl)ccc3[n+]2Cc2ccccc2)N(Cc2ccccc2)c2ccc(Cl)cc21. The summed E-state index contributed by atoms with van der Waals surface area (Å²) in [7, 11) is 0. The maximum atomic E-state index is 6.46. The Balaban J connectivity index is 1.45. The summed E-state index contributed by atoms with van der Waals surface area (Å²) in [6.45, 7) is 7.57. The second-order valence-electron chi connectivity index (χ2n) is 10.1. The van der Waals surface area contributed by atoms with Gasteiger partial charge in [-0.25, -0.2) is 9.13 Å². The van der Waals surface area contributed by atoms with Crippen molar-refractivity contribution in [1.29, 1.82) is 0 Å². The Morgan fingerprint density at radius 1 is 0.707 bits per heavy atom. The first-order valence-electron chi connectivity index (χ1n) is 14.1. The average Bonchev–Trinajstić information content (AvgIpc) is 3.44. The average molecular weight is 581 g/mol. The van der Waals surface area contributed by atoms with Crippen LogP contribution >= 0.6 is 23.2 Å². The largest absolute Gasteiger partial charge is 0.326 e. The van der Waals surface area contributed by atoms with E-state index in [1.807, 2.05) is 12.1 Å². The van der Waals surface area contributed by atoms with Gasteiger partial charge in [-0.2, -0.15) is 0 Å². The molecular formula is C35H33Cl2N4+. The summed E-state index contributed by atoms with van der Waals surface area (Å²) >= 11 is 12.9. The van der Waals surface area contributed by atoms with Gasteiger partial charge in [-0.1, -0.05) is 89.9 Å². The summed E-state index contributed by atoms with van der Waals surface area (Å²) < 4.78 is 4.71. The first kappa shape index (κ1) is 27.2. The molecule has 4 nitrogen and oxygen atoms in total.